The molecule has 2 N–H and O–H groups in total. The molecule has 22 heavy (non-hydrogen) atoms. The predicted molar refractivity (Wildman–Crippen MR) is 84.7 cm³/mol. The number of nitrogens with zero attached hydrogens (tertiary/aromatic N) is 5. The Balaban J connectivity index is 1.74. The molecule has 1 fully saturated rings. The van der Waals surface area contributed by atoms with Crippen molar-refractivity contribution >= 4 is 39.5 Å². The quantitative estimate of drug-likeness (QED) is 0.836. The van der Waals surface area contributed by atoms with Gasteiger partial charge in [0.15, 0.2) is 10.6 Å². The topological polar surface area (TPSA) is 97.5 Å². The van der Waals surface area contributed by atoms with Crippen molar-refractivity contribution in [1.29, 1.82) is 0 Å². The Morgan fingerprint density at radius 3 is 2.77 bits per heavy atom. The maximum Gasteiger partial charge on any atom is 0.414 e. The van der Waals surface area contributed by atoms with E-state index in [1.165, 1.54) is 11.3 Å². The van der Waals surface area contributed by atoms with Crippen molar-refractivity contribution in [1.82, 2.24) is 19.9 Å². The fourth-order valence-electron chi connectivity index (χ4n) is 2.30. The third kappa shape index (κ3) is 2.80. The van der Waals surface area contributed by atoms with Gasteiger partial charge in [-0.3, -0.25) is 0 Å². The van der Waals surface area contributed by atoms with Crippen LogP contribution in [0.1, 0.15) is 6.92 Å². The molecule has 0 aliphatic carbocycles. The predicted octanol–water partition coefficient (Wildman–Crippen LogP) is 1.46. The molecule has 116 valence electrons. The van der Waals surface area contributed by atoms with Crippen LogP contribution in [0.5, 0.6) is 0 Å². The van der Waals surface area contributed by atoms with Gasteiger partial charge < -0.3 is 20.3 Å². The number of fused-ring (bicyclic) bond motifs is 1. The Hall–Kier alpha value is -2.42. The highest BCUT2D eigenvalue weighted by Crippen LogP contribution is 2.26. The Morgan fingerprint density at radius 2 is 2.09 bits per heavy atom. The first kappa shape index (κ1) is 14.5. The second kappa shape index (κ2) is 5.76. The summed E-state index contributed by atoms with van der Waals surface area (Å²) in [5.74, 6) is 1.34. The van der Waals surface area contributed by atoms with E-state index >= 15 is 0 Å². The molecule has 8 nitrogen and oxygen atoms in total. The lowest BCUT2D eigenvalue weighted by molar-refractivity contribution is 0.126. The van der Waals surface area contributed by atoms with E-state index in [0.717, 1.165) is 16.2 Å². The fourth-order valence-corrected chi connectivity index (χ4v) is 2.96. The number of carbonyl (C=O) groups excluding carboxylic acids is 1. The molecule has 0 aromatic carbocycles. The zero-order valence-electron chi connectivity index (χ0n) is 12.2. The summed E-state index contributed by atoms with van der Waals surface area (Å²) in [4.78, 5) is 29.1. The molecule has 1 aliphatic rings. The van der Waals surface area contributed by atoms with Crippen molar-refractivity contribution < 1.29 is 9.53 Å². The fraction of sp³-hybridized carbons (Fsp3) is 0.385. The van der Waals surface area contributed by atoms with Gasteiger partial charge in [-0.15, -0.1) is 11.3 Å². The minimum atomic E-state index is -0.367. The van der Waals surface area contributed by atoms with Crippen LogP contribution in [-0.2, 0) is 4.74 Å². The van der Waals surface area contributed by atoms with Crippen LogP contribution in [0.15, 0.2) is 17.8 Å². The van der Waals surface area contributed by atoms with Gasteiger partial charge in [0.25, 0.3) is 0 Å². The number of ether oxygens (including phenoxy) is 1. The average Bonchev–Trinajstić information content (AvgIpc) is 2.94. The molecule has 1 saturated heterocycles. The summed E-state index contributed by atoms with van der Waals surface area (Å²) in [6.07, 6.45) is -0.367. The summed E-state index contributed by atoms with van der Waals surface area (Å²) >= 11 is 1.43. The Bertz CT molecular complexity index is 722. The van der Waals surface area contributed by atoms with Gasteiger partial charge in [-0.2, -0.15) is 4.98 Å². The monoisotopic (exact) mass is 320 g/mol. The molecule has 0 atom stereocenters. The number of nitrogen functional groups attached to an aromatic ring is 1. The van der Waals surface area contributed by atoms with Crippen molar-refractivity contribution in [3.8, 4) is 0 Å². The number of amides is 1. The number of anilines is 2. The van der Waals surface area contributed by atoms with E-state index in [0.29, 0.717) is 31.9 Å². The zero-order valence-corrected chi connectivity index (χ0v) is 13.0. The van der Waals surface area contributed by atoms with E-state index in [9.17, 15) is 4.79 Å². The van der Waals surface area contributed by atoms with Crippen molar-refractivity contribution in [3.05, 3.63) is 17.8 Å². The number of thiazole rings is 1. The van der Waals surface area contributed by atoms with Gasteiger partial charge in [0, 0.05) is 26.2 Å². The van der Waals surface area contributed by atoms with Crippen LogP contribution in [0.4, 0.5) is 16.6 Å². The Morgan fingerprint density at radius 1 is 1.36 bits per heavy atom. The van der Waals surface area contributed by atoms with E-state index in [1.54, 1.807) is 17.3 Å². The number of rotatable bonds is 2. The smallest absolute Gasteiger partial charge is 0.414 e. The van der Waals surface area contributed by atoms with Gasteiger partial charge in [-0.1, -0.05) is 6.58 Å². The summed E-state index contributed by atoms with van der Waals surface area (Å²) in [5, 5.41) is 0. The number of hydrogen-bond acceptors (Lipinski definition) is 8. The Labute approximate surface area is 131 Å². The van der Waals surface area contributed by atoms with Crippen LogP contribution in [0.25, 0.3) is 10.3 Å². The first-order chi connectivity index (χ1) is 10.5. The summed E-state index contributed by atoms with van der Waals surface area (Å²) in [6, 6.07) is 0. The zero-order chi connectivity index (χ0) is 15.7. The number of hydrogen-bond donors (Lipinski definition) is 1. The van der Waals surface area contributed by atoms with Crippen LogP contribution in [-0.4, -0.2) is 52.1 Å². The highest BCUT2D eigenvalue weighted by molar-refractivity contribution is 7.16. The molecule has 9 heteroatoms. The number of nitrogens with two attached hydrogens (primary N) is 1. The molecule has 0 unspecified atom stereocenters. The third-order valence-electron chi connectivity index (χ3n) is 3.30. The minimum Gasteiger partial charge on any atom is -0.416 e. The van der Waals surface area contributed by atoms with Gasteiger partial charge in [0.1, 0.15) is 5.52 Å². The van der Waals surface area contributed by atoms with Crippen LogP contribution in [0.2, 0.25) is 0 Å². The second-order valence-corrected chi connectivity index (χ2v) is 5.79. The SMILES string of the molecule is C=C(C)OC(=O)N1CCN(c2nc(N)nc3scnc23)CC1. The number of carbonyl (C=O) groups is 1. The molecule has 2 aromatic rings. The molecule has 0 spiro atoms. The van der Waals surface area contributed by atoms with Crippen molar-refractivity contribution in [2.45, 2.75) is 6.92 Å². The minimum absolute atomic E-state index is 0.232. The summed E-state index contributed by atoms with van der Waals surface area (Å²) < 4.78 is 5.03. The van der Waals surface area contributed by atoms with Crippen LogP contribution in [0.3, 0.4) is 0 Å². The molecule has 0 bridgehead atoms. The second-order valence-electron chi connectivity index (χ2n) is 4.96. The standard InChI is InChI=1S/C13H16N6O2S/c1-8(2)21-13(20)19-5-3-18(4-6-19)10-9-11(22-7-15-9)17-12(14)16-10/h7H,1,3-6H2,2H3,(H2,14,16,17). The average molecular weight is 320 g/mol. The van der Waals surface area contributed by atoms with Crippen molar-refractivity contribution in [2.24, 2.45) is 0 Å². The molecule has 3 rings (SSSR count). The lowest BCUT2D eigenvalue weighted by Gasteiger charge is -2.34. The van der Waals surface area contributed by atoms with Crippen LogP contribution in [0, 0.1) is 0 Å². The number of piperazine rings is 1. The highest BCUT2D eigenvalue weighted by atomic mass is 32.1. The van der Waals surface area contributed by atoms with Gasteiger partial charge >= 0.3 is 6.09 Å². The van der Waals surface area contributed by atoms with E-state index < -0.39 is 0 Å². The summed E-state index contributed by atoms with van der Waals surface area (Å²) in [6.45, 7) is 7.58. The highest BCUT2D eigenvalue weighted by Gasteiger charge is 2.25. The molecule has 1 aliphatic heterocycles. The van der Waals surface area contributed by atoms with E-state index in [4.69, 9.17) is 10.5 Å². The lowest BCUT2D eigenvalue weighted by atomic mass is 10.3. The molecular formula is C13H16N6O2S. The van der Waals surface area contributed by atoms with Crippen molar-refractivity contribution in [3.63, 3.8) is 0 Å². The molecular weight excluding hydrogens is 304 g/mol. The first-order valence-corrected chi connectivity index (χ1v) is 7.66. The van der Waals surface area contributed by atoms with Crippen LogP contribution >= 0.6 is 11.3 Å². The molecule has 0 saturated carbocycles. The first-order valence-electron chi connectivity index (χ1n) is 6.78. The maximum atomic E-state index is 11.8. The largest absolute Gasteiger partial charge is 0.416 e. The summed E-state index contributed by atoms with van der Waals surface area (Å²) in [5.41, 5.74) is 8.23. The van der Waals surface area contributed by atoms with Crippen molar-refractivity contribution in [2.75, 3.05) is 36.8 Å². The van der Waals surface area contributed by atoms with E-state index in [-0.39, 0.29) is 12.0 Å². The third-order valence-corrected chi connectivity index (χ3v) is 4.01. The van der Waals surface area contributed by atoms with Gasteiger partial charge in [-0.25, -0.2) is 14.8 Å². The molecule has 1 amide bonds. The van der Waals surface area contributed by atoms with E-state index in [1.807, 2.05) is 0 Å². The lowest BCUT2D eigenvalue weighted by Crippen LogP contribution is -2.49. The van der Waals surface area contributed by atoms with E-state index in [2.05, 4.69) is 26.4 Å². The van der Waals surface area contributed by atoms with Gasteiger partial charge in [-0.05, 0) is 6.92 Å². The van der Waals surface area contributed by atoms with Gasteiger partial charge in [0.2, 0.25) is 5.95 Å². The number of aromatic nitrogens is 3. The molecule has 3 heterocycles. The molecule has 0 radical (unpaired) electrons. The normalized spacial score (nSPS) is 15.1. The molecule has 2 aromatic heterocycles. The Kier molecular flexibility index (Phi) is 3.80. The maximum absolute atomic E-state index is 11.8. The number of allylic oxidation sites excluding steroid dienone is 1. The van der Waals surface area contributed by atoms with Gasteiger partial charge in [0.05, 0.1) is 11.3 Å². The summed E-state index contributed by atoms with van der Waals surface area (Å²) in [7, 11) is 0. The van der Waals surface area contributed by atoms with Crippen LogP contribution < -0.4 is 10.6 Å².